The molecule has 1 aromatic heterocycles. The Balaban J connectivity index is 1.77. The molecule has 0 aliphatic carbocycles. The van der Waals surface area contributed by atoms with E-state index in [1.54, 1.807) is 0 Å². The van der Waals surface area contributed by atoms with Crippen LogP contribution in [0.4, 0.5) is 0 Å². The van der Waals surface area contributed by atoms with Crippen molar-refractivity contribution in [3.8, 4) is 11.4 Å². The van der Waals surface area contributed by atoms with Gasteiger partial charge < -0.3 is 9.84 Å². The lowest BCUT2D eigenvalue weighted by Crippen LogP contribution is -2.43. The van der Waals surface area contributed by atoms with Crippen molar-refractivity contribution in [1.29, 1.82) is 0 Å². The van der Waals surface area contributed by atoms with Crippen LogP contribution in [0.5, 0.6) is 0 Å². The Labute approximate surface area is 93.7 Å². The van der Waals surface area contributed by atoms with Gasteiger partial charge in [-0.3, -0.25) is 0 Å². The van der Waals surface area contributed by atoms with Gasteiger partial charge in [0, 0.05) is 12.0 Å². The number of rotatable bonds is 3. The lowest BCUT2D eigenvalue weighted by Gasteiger charge is -2.25. The van der Waals surface area contributed by atoms with Crippen molar-refractivity contribution in [1.82, 2.24) is 15.5 Å². The normalized spacial score (nSPS) is 16.0. The van der Waals surface area contributed by atoms with Crippen LogP contribution in [0.15, 0.2) is 34.9 Å². The molecule has 4 nitrogen and oxygen atoms in total. The molecule has 1 N–H and O–H groups in total. The average Bonchev–Trinajstić information content (AvgIpc) is 2.73. The van der Waals surface area contributed by atoms with Crippen molar-refractivity contribution >= 4 is 0 Å². The third-order valence-corrected chi connectivity index (χ3v) is 2.83. The molecule has 1 saturated heterocycles. The molecular weight excluding hydrogens is 202 g/mol. The van der Waals surface area contributed by atoms with Gasteiger partial charge >= 0.3 is 0 Å². The Bertz CT molecular complexity index is 462. The molecule has 1 aliphatic rings. The van der Waals surface area contributed by atoms with E-state index in [9.17, 15) is 0 Å². The van der Waals surface area contributed by atoms with Crippen molar-refractivity contribution in [2.24, 2.45) is 5.92 Å². The second-order valence-electron chi connectivity index (χ2n) is 4.11. The van der Waals surface area contributed by atoms with Gasteiger partial charge in [-0.2, -0.15) is 4.98 Å². The van der Waals surface area contributed by atoms with Gasteiger partial charge in [0.1, 0.15) is 0 Å². The Kier molecular flexibility index (Phi) is 2.42. The average molecular weight is 215 g/mol. The summed E-state index contributed by atoms with van der Waals surface area (Å²) in [5.74, 6) is 2.08. The number of nitrogens with zero attached hydrogens (tertiary/aromatic N) is 2. The Morgan fingerprint density at radius 3 is 2.75 bits per heavy atom. The molecule has 0 bridgehead atoms. The smallest absolute Gasteiger partial charge is 0.227 e. The fourth-order valence-electron chi connectivity index (χ4n) is 1.78. The number of benzene rings is 1. The first-order valence-electron chi connectivity index (χ1n) is 5.50. The number of hydrogen-bond acceptors (Lipinski definition) is 4. The van der Waals surface area contributed by atoms with Crippen LogP contribution in [-0.4, -0.2) is 23.2 Å². The molecule has 2 heterocycles. The second-order valence-corrected chi connectivity index (χ2v) is 4.11. The third-order valence-electron chi connectivity index (χ3n) is 2.83. The van der Waals surface area contributed by atoms with Crippen molar-refractivity contribution in [2.75, 3.05) is 13.1 Å². The highest BCUT2D eigenvalue weighted by atomic mass is 16.5. The molecular formula is C12H13N3O. The molecule has 0 unspecified atom stereocenters. The van der Waals surface area contributed by atoms with Crippen LogP contribution < -0.4 is 5.32 Å². The van der Waals surface area contributed by atoms with Gasteiger partial charge in [-0.25, -0.2) is 0 Å². The van der Waals surface area contributed by atoms with Crippen molar-refractivity contribution in [3.63, 3.8) is 0 Å². The first-order chi connectivity index (χ1) is 7.92. The van der Waals surface area contributed by atoms with E-state index < -0.39 is 0 Å². The predicted molar refractivity (Wildman–Crippen MR) is 59.8 cm³/mol. The largest absolute Gasteiger partial charge is 0.339 e. The maximum absolute atomic E-state index is 5.24. The van der Waals surface area contributed by atoms with E-state index in [0.717, 1.165) is 31.0 Å². The maximum Gasteiger partial charge on any atom is 0.227 e. The summed E-state index contributed by atoms with van der Waals surface area (Å²) in [6, 6.07) is 9.89. The molecule has 0 spiro atoms. The van der Waals surface area contributed by atoms with E-state index in [1.807, 2.05) is 30.3 Å². The first kappa shape index (κ1) is 9.54. The van der Waals surface area contributed by atoms with Crippen LogP contribution in [0.1, 0.15) is 5.89 Å². The Morgan fingerprint density at radius 1 is 1.25 bits per heavy atom. The zero-order valence-corrected chi connectivity index (χ0v) is 8.89. The predicted octanol–water partition coefficient (Wildman–Crippen LogP) is 1.50. The van der Waals surface area contributed by atoms with Gasteiger partial charge in [0.25, 0.3) is 0 Å². The molecule has 0 atom stereocenters. The molecule has 16 heavy (non-hydrogen) atoms. The summed E-state index contributed by atoms with van der Waals surface area (Å²) in [5, 5.41) is 7.22. The summed E-state index contributed by atoms with van der Waals surface area (Å²) in [7, 11) is 0. The highest BCUT2D eigenvalue weighted by Gasteiger charge is 2.20. The zero-order chi connectivity index (χ0) is 10.8. The summed E-state index contributed by atoms with van der Waals surface area (Å²) in [5.41, 5.74) is 1.00. The van der Waals surface area contributed by atoms with Gasteiger partial charge in [-0.05, 0) is 19.0 Å². The van der Waals surface area contributed by atoms with Gasteiger partial charge in [-0.1, -0.05) is 35.5 Å². The topological polar surface area (TPSA) is 51.0 Å². The molecule has 2 aromatic rings. The minimum Gasteiger partial charge on any atom is -0.339 e. The molecule has 82 valence electrons. The molecule has 3 rings (SSSR count). The molecule has 1 aliphatic heterocycles. The first-order valence-corrected chi connectivity index (χ1v) is 5.50. The van der Waals surface area contributed by atoms with E-state index in [0.29, 0.717) is 11.7 Å². The number of hydrogen-bond donors (Lipinski definition) is 1. The van der Waals surface area contributed by atoms with Crippen molar-refractivity contribution < 1.29 is 4.52 Å². The highest BCUT2D eigenvalue weighted by Crippen LogP contribution is 2.17. The van der Waals surface area contributed by atoms with Gasteiger partial charge in [0.15, 0.2) is 0 Å². The minimum absolute atomic E-state index is 0.657. The zero-order valence-electron chi connectivity index (χ0n) is 8.89. The summed E-state index contributed by atoms with van der Waals surface area (Å²) >= 11 is 0. The quantitative estimate of drug-likeness (QED) is 0.843. The Morgan fingerprint density at radius 2 is 2.06 bits per heavy atom. The fraction of sp³-hybridized carbons (Fsp3) is 0.333. The monoisotopic (exact) mass is 215 g/mol. The fourth-order valence-corrected chi connectivity index (χ4v) is 1.78. The van der Waals surface area contributed by atoms with E-state index in [-0.39, 0.29) is 0 Å². The molecule has 1 aromatic carbocycles. The van der Waals surface area contributed by atoms with Crippen LogP contribution >= 0.6 is 0 Å². The molecule has 4 heteroatoms. The highest BCUT2D eigenvalue weighted by molar-refractivity contribution is 5.53. The molecule has 0 amide bonds. The van der Waals surface area contributed by atoms with Crippen LogP contribution in [0.2, 0.25) is 0 Å². The second kappa shape index (κ2) is 4.06. The number of aromatic nitrogens is 2. The van der Waals surface area contributed by atoms with Gasteiger partial charge in [-0.15, -0.1) is 0 Å². The van der Waals surface area contributed by atoms with E-state index in [1.165, 1.54) is 0 Å². The molecule has 1 fully saturated rings. The van der Waals surface area contributed by atoms with E-state index >= 15 is 0 Å². The van der Waals surface area contributed by atoms with Crippen LogP contribution in [-0.2, 0) is 6.42 Å². The van der Waals surface area contributed by atoms with Crippen molar-refractivity contribution in [3.05, 3.63) is 36.2 Å². The summed E-state index contributed by atoms with van der Waals surface area (Å²) in [6.07, 6.45) is 0.882. The van der Waals surface area contributed by atoms with Crippen LogP contribution in [0, 0.1) is 5.92 Å². The number of nitrogens with one attached hydrogen (secondary N) is 1. The minimum atomic E-state index is 0.657. The lowest BCUT2D eigenvalue weighted by atomic mass is 10.00. The summed E-state index contributed by atoms with van der Waals surface area (Å²) < 4.78 is 5.24. The van der Waals surface area contributed by atoms with E-state index in [2.05, 4.69) is 15.5 Å². The van der Waals surface area contributed by atoms with Gasteiger partial charge in [0.2, 0.25) is 11.7 Å². The maximum atomic E-state index is 5.24. The van der Waals surface area contributed by atoms with Crippen molar-refractivity contribution in [2.45, 2.75) is 6.42 Å². The van der Waals surface area contributed by atoms with E-state index in [4.69, 9.17) is 4.52 Å². The lowest BCUT2D eigenvalue weighted by molar-refractivity contribution is 0.296. The standard InChI is InChI=1S/C12H13N3O/c1-2-4-10(5-3-1)12-14-11(16-15-12)6-9-7-13-8-9/h1-5,9,13H,6-8H2. The summed E-state index contributed by atoms with van der Waals surface area (Å²) in [4.78, 5) is 4.40. The van der Waals surface area contributed by atoms with Crippen LogP contribution in [0.25, 0.3) is 11.4 Å². The molecule has 0 saturated carbocycles. The summed E-state index contributed by atoms with van der Waals surface area (Å²) in [6.45, 7) is 2.12. The van der Waals surface area contributed by atoms with Crippen LogP contribution in [0.3, 0.4) is 0 Å². The SMILES string of the molecule is c1ccc(-c2noc(CC3CNC3)n2)cc1. The third kappa shape index (κ3) is 1.84. The Hall–Kier alpha value is -1.68. The molecule has 0 radical (unpaired) electrons. The van der Waals surface area contributed by atoms with Gasteiger partial charge in [0.05, 0.1) is 0 Å².